The van der Waals surface area contributed by atoms with E-state index in [1.165, 1.54) is 3.57 Å². The van der Waals surface area contributed by atoms with E-state index >= 15 is 0 Å². The first-order chi connectivity index (χ1) is 8.74. The Bertz CT molecular complexity index is 422. The Morgan fingerprint density at radius 3 is 2.32 bits per heavy atom. The van der Waals surface area contributed by atoms with Crippen molar-refractivity contribution in [1.29, 1.82) is 0 Å². The summed E-state index contributed by atoms with van der Waals surface area (Å²) in [5.41, 5.74) is 1.37. The maximum Gasteiger partial charge on any atom is 0.143 e. The van der Waals surface area contributed by atoms with E-state index in [0.717, 1.165) is 36.7 Å². The lowest BCUT2D eigenvalue weighted by Gasteiger charge is -2.20. The quantitative estimate of drug-likeness (QED) is 0.764. The third-order valence-electron chi connectivity index (χ3n) is 2.70. The first-order valence-electron chi connectivity index (χ1n) is 7.04. The second kappa shape index (κ2) is 6.86. The normalized spacial score (nSPS) is 12.0. The number of nitrogens with one attached hydrogen (secondary N) is 1. The molecule has 0 fully saturated rings. The van der Waals surface area contributed by atoms with Gasteiger partial charge in [-0.05, 0) is 40.3 Å². The zero-order chi connectivity index (χ0) is 14.6. The Balaban J connectivity index is 3.15. The second-order valence-corrected chi connectivity index (χ2v) is 7.59. The Morgan fingerprint density at radius 1 is 1.21 bits per heavy atom. The molecule has 1 aromatic rings. The van der Waals surface area contributed by atoms with E-state index in [0.29, 0.717) is 5.92 Å². The largest absolute Gasteiger partial charge is 0.369 e. The molecule has 108 valence electrons. The van der Waals surface area contributed by atoms with Crippen LogP contribution in [-0.4, -0.2) is 16.5 Å². The van der Waals surface area contributed by atoms with Gasteiger partial charge in [0.05, 0.1) is 9.26 Å². The fourth-order valence-corrected chi connectivity index (χ4v) is 2.86. The summed E-state index contributed by atoms with van der Waals surface area (Å²) in [7, 11) is 0. The minimum atomic E-state index is 0.211. The van der Waals surface area contributed by atoms with Crippen molar-refractivity contribution >= 4 is 28.4 Å². The molecule has 19 heavy (non-hydrogen) atoms. The van der Waals surface area contributed by atoms with Crippen LogP contribution in [0.1, 0.15) is 65.4 Å². The van der Waals surface area contributed by atoms with E-state index in [-0.39, 0.29) is 5.41 Å². The first-order valence-corrected chi connectivity index (χ1v) is 8.12. The average molecular weight is 375 g/mol. The molecule has 1 N–H and O–H groups in total. The fraction of sp³-hybridized carbons (Fsp3) is 0.733. The molecular formula is C15H26IN3. The van der Waals surface area contributed by atoms with Crippen molar-refractivity contribution in [3.63, 3.8) is 0 Å². The number of nitrogens with zero attached hydrogens (tertiary/aromatic N) is 2. The summed E-state index contributed by atoms with van der Waals surface area (Å²) in [6, 6.07) is 0. The standard InChI is InChI=1S/C15H26IN3/c1-7-8-17-14-12(16)13(10(2)3)18-11(19-14)9-15(4,5)6/h10H,7-9H2,1-6H3,(H,17,18,19). The van der Waals surface area contributed by atoms with Crippen molar-refractivity contribution in [2.24, 2.45) is 5.41 Å². The molecule has 0 spiro atoms. The van der Waals surface area contributed by atoms with E-state index < -0.39 is 0 Å². The third kappa shape index (κ3) is 5.24. The highest BCUT2D eigenvalue weighted by Gasteiger charge is 2.18. The summed E-state index contributed by atoms with van der Waals surface area (Å²) in [5.74, 6) is 2.38. The van der Waals surface area contributed by atoms with Crippen molar-refractivity contribution in [3.8, 4) is 0 Å². The van der Waals surface area contributed by atoms with Gasteiger partial charge in [-0.15, -0.1) is 0 Å². The molecule has 1 heterocycles. The van der Waals surface area contributed by atoms with Crippen molar-refractivity contribution in [2.75, 3.05) is 11.9 Å². The van der Waals surface area contributed by atoms with Gasteiger partial charge in [-0.3, -0.25) is 0 Å². The molecule has 4 heteroatoms. The Kier molecular flexibility index (Phi) is 6.02. The summed E-state index contributed by atoms with van der Waals surface area (Å²) in [6.45, 7) is 14.2. The Morgan fingerprint density at radius 2 is 1.84 bits per heavy atom. The van der Waals surface area contributed by atoms with Gasteiger partial charge >= 0.3 is 0 Å². The van der Waals surface area contributed by atoms with Crippen LogP contribution in [0.15, 0.2) is 0 Å². The molecule has 0 saturated carbocycles. The number of hydrogen-bond acceptors (Lipinski definition) is 3. The summed E-state index contributed by atoms with van der Waals surface area (Å²) in [5, 5.41) is 3.43. The van der Waals surface area contributed by atoms with E-state index in [2.05, 4.69) is 69.5 Å². The molecular weight excluding hydrogens is 349 g/mol. The molecule has 0 bridgehead atoms. The van der Waals surface area contributed by atoms with E-state index in [1.54, 1.807) is 0 Å². The molecule has 0 saturated heterocycles. The van der Waals surface area contributed by atoms with Crippen LogP contribution in [0.5, 0.6) is 0 Å². The number of halogens is 1. The molecule has 1 rings (SSSR count). The number of aromatic nitrogens is 2. The summed E-state index contributed by atoms with van der Waals surface area (Å²) in [4.78, 5) is 9.48. The van der Waals surface area contributed by atoms with Crippen LogP contribution < -0.4 is 5.32 Å². The molecule has 0 aliphatic heterocycles. The molecule has 0 amide bonds. The van der Waals surface area contributed by atoms with Crippen molar-refractivity contribution in [1.82, 2.24) is 9.97 Å². The van der Waals surface area contributed by atoms with Gasteiger partial charge in [0, 0.05) is 13.0 Å². The van der Waals surface area contributed by atoms with Crippen LogP contribution in [0.3, 0.4) is 0 Å². The molecule has 0 radical (unpaired) electrons. The average Bonchev–Trinajstić information content (AvgIpc) is 2.27. The molecule has 1 aromatic heterocycles. The molecule has 0 atom stereocenters. The van der Waals surface area contributed by atoms with Crippen LogP contribution in [0.2, 0.25) is 0 Å². The molecule has 0 unspecified atom stereocenters. The second-order valence-electron chi connectivity index (χ2n) is 6.51. The van der Waals surface area contributed by atoms with Gasteiger partial charge in [0.2, 0.25) is 0 Å². The van der Waals surface area contributed by atoms with E-state index in [9.17, 15) is 0 Å². The minimum Gasteiger partial charge on any atom is -0.369 e. The highest BCUT2D eigenvalue weighted by atomic mass is 127. The first kappa shape index (κ1) is 16.7. The predicted molar refractivity (Wildman–Crippen MR) is 90.8 cm³/mol. The summed E-state index contributed by atoms with van der Waals surface area (Å²) in [6.07, 6.45) is 2.01. The maximum atomic E-state index is 4.77. The van der Waals surface area contributed by atoms with Gasteiger partial charge < -0.3 is 5.32 Å². The van der Waals surface area contributed by atoms with E-state index in [1.807, 2.05) is 0 Å². The van der Waals surface area contributed by atoms with Crippen LogP contribution in [0, 0.1) is 8.99 Å². The fourth-order valence-electron chi connectivity index (χ4n) is 1.81. The lowest BCUT2D eigenvalue weighted by molar-refractivity contribution is 0.399. The third-order valence-corrected chi connectivity index (χ3v) is 3.76. The van der Waals surface area contributed by atoms with Crippen molar-refractivity contribution in [3.05, 3.63) is 15.1 Å². The van der Waals surface area contributed by atoms with Crippen LogP contribution in [0.4, 0.5) is 5.82 Å². The van der Waals surface area contributed by atoms with Crippen LogP contribution in [-0.2, 0) is 6.42 Å². The zero-order valence-electron chi connectivity index (χ0n) is 13.0. The highest BCUT2D eigenvalue weighted by molar-refractivity contribution is 14.1. The van der Waals surface area contributed by atoms with Gasteiger partial charge in [0.1, 0.15) is 11.6 Å². The lowest BCUT2D eigenvalue weighted by atomic mass is 9.92. The monoisotopic (exact) mass is 375 g/mol. The minimum absolute atomic E-state index is 0.211. The van der Waals surface area contributed by atoms with Gasteiger partial charge in [0.15, 0.2) is 0 Å². The molecule has 0 aromatic carbocycles. The number of rotatable bonds is 5. The lowest BCUT2D eigenvalue weighted by Crippen LogP contribution is -2.16. The SMILES string of the molecule is CCCNc1nc(CC(C)(C)C)nc(C(C)C)c1I. The van der Waals surface area contributed by atoms with Gasteiger partial charge in [-0.2, -0.15) is 0 Å². The topological polar surface area (TPSA) is 37.8 Å². The van der Waals surface area contributed by atoms with Gasteiger partial charge in [-0.1, -0.05) is 41.5 Å². The number of hydrogen-bond donors (Lipinski definition) is 1. The zero-order valence-corrected chi connectivity index (χ0v) is 15.1. The summed E-state index contributed by atoms with van der Waals surface area (Å²) < 4.78 is 1.17. The Hall–Kier alpha value is -0.390. The van der Waals surface area contributed by atoms with Crippen molar-refractivity contribution < 1.29 is 0 Å². The smallest absolute Gasteiger partial charge is 0.143 e. The maximum absolute atomic E-state index is 4.77. The number of anilines is 1. The molecule has 3 nitrogen and oxygen atoms in total. The highest BCUT2D eigenvalue weighted by Crippen LogP contribution is 2.27. The van der Waals surface area contributed by atoms with Crippen LogP contribution >= 0.6 is 22.6 Å². The summed E-state index contributed by atoms with van der Waals surface area (Å²) >= 11 is 2.36. The molecule has 0 aliphatic rings. The van der Waals surface area contributed by atoms with Gasteiger partial charge in [-0.25, -0.2) is 9.97 Å². The molecule has 0 aliphatic carbocycles. The Labute approximate surface area is 131 Å². The predicted octanol–water partition coefficient (Wildman–Crippen LogP) is 4.62. The van der Waals surface area contributed by atoms with Crippen molar-refractivity contribution in [2.45, 2.75) is 60.3 Å². The van der Waals surface area contributed by atoms with E-state index in [4.69, 9.17) is 9.97 Å². The van der Waals surface area contributed by atoms with Gasteiger partial charge in [0.25, 0.3) is 0 Å². The van der Waals surface area contributed by atoms with Crippen LogP contribution in [0.25, 0.3) is 0 Å².